The lowest BCUT2D eigenvalue weighted by Gasteiger charge is -2.14. The van der Waals surface area contributed by atoms with Gasteiger partial charge in [-0.3, -0.25) is 4.98 Å². The first-order valence-corrected chi connectivity index (χ1v) is 10.7. The number of hydrogen-bond donors (Lipinski definition) is 0. The summed E-state index contributed by atoms with van der Waals surface area (Å²) in [6, 6.07) is 21.5. The fourth-order valence-corrected chi connectivity index (χ4v) is 3.48. The normalized spacial score (nSPS) is 10.8. The maximum atomic E-state index is 6.39. The van der Waals surface area contributed by atoms with E-state index in [9.17, 15) is 0 Å². The number of aryl methyl sites for hydroxylation is 2. The molecule has 0 N–H and O–H groups in total. The van der Waals surface area contributed by atoms with Crippen molar-refractivity contribution in [3.63, 3.8) is 0 Å². The van der Waals surface area contributed by atoms with E-state index in [0.29, 0.717) is 29.6 Å². The molecule has 0 fully saturated rings. The van der Waals surface area contributed by atoms with Gasteiger partial charge in [-0.1, -0.05) is 30.3 Å². The largest absolute Gasteiger partial charge is 0.489 e. The maximum absolute atomic E-state index is 6.39. The maximum Gasteiger partial charge on any atom is 0.181 e. The van der Waals surface area contributed by atoms with E-state index in [2.05, 4.69) is 15.0 Å². The van der Waals surface area contributed by atoms with Gasteiger partial charge in [0, 0.05) is 29.7 Å². The zero-order chi connectivity index (χ0) is 22.6. The average molecular weight is 434 g/mol. The molecule has 0 bridgehead atoms. The highest BCUT2D eigenvalue weighted by atomic mass is 16.5. The highest BCUT2D eigenvalue weighted by molar-refractivity contribution is 5.86. The predicted molar refractivity (Wildman–Crippen MR) is 127 cm³/mol. The number of fused-ring (bicyclic) bond motifs is 1. The highest BCUT2D eigenvalue weighted by Crippen LogP contribution is 2.36. The SMILES string of the molecule is Cc1cc(Oc2ccnc3ccc(OCc4ccccc4)cc23)c(-c2ncccn2)nc1C. The van der Waals surface area contributed by atoms with Crippen LogP contribution in [0.4, 0.5) is 0 Å². The van der Waals surface area contributed by atoms with Crippen molar-refractivity contribution in [2.24, 2.45) is 0 Å². The fourth-order valence-electron chi connectivity index (χ4n) is 3.48. The Bertz CT molecular complexity index is 1410. The van der Waals surface area contributed by atoms with Gasteiger partial charge in [0.05, 0.1) is 5.52 Å². The van der Waals surface area contributed by atoms with Crippen molar-refractivity contribution < 1.29 is 9.47 Å². The van der Waals surface area contributed by atoms with Crippen LogP contribution in [0.5, 0.6) is 17.2 Å². The van der Waals surface area contributed by atoms with Crippen LogP contribution in [0.15, 0.2) is 85.3 Å². The van der Waals surface area contributed by atoms with Crippen LogP contribution in [-0.2, 0) is 6.61 Å². The predicted octanol–water partition coefficient (Wildman–Crippen LogP) is 6.07. The van der Waals surface area contributed by atoms with Crippen molar-refractivity contribution in [1.82, 2.24) is 19.9 Å². The standard InChI is InChI=1S/C27H22N4O2/c1-18-15-25(26(31-19(18)2)27-29-12-6-13-30-27)33-24-11-14-28-23-10-9-21(16-22(23)24)32-17-20-7-4-3-5-8-20/h3-16H,17H2,1-2H3. The third-order valence-electron chi connectivity index (χ3n) is 5.35. The van der Waals surface area contributed by atoms with Gasteiger partial charge in [0.25, 0.3) is 0 Å². The van der Waals surface area contributed by atoms with E-state index in [1.807, 2.05) is 74.5 Å². The van der Waals surface area contributed by atoms with Gasteiger partial charge in [-0.25, -0.2) is 15.0 Å². The Morgan fingerprint density at radius 1 is 0.758 bits per heavy atom. The molecule has 0 saturated heterocycles. The van der Waals surface area contributed by atoms with E-state index >= 15 is 0 Å². The summed E-state index contributed by atoms with van der Waals surface area (Å²) in [5.74, 6) is 2.51. The topological polar surface area (TPSA) is 70.0 Å². The molecule has 0 aliphatic rings. The van der Waals surface area contributed by atoms with Gasteiger partial charge in [0.2, 0.25) is 0 Å². The zero-order valence-electron chi connectivity index (χ0n) is 18.4. The summed E-state index contributed by atoms with van der Waals surface area (Å²) in [4.78, 5) is 17.9. The molecule has 6 nitrogen and oxygen atoms in total. The summed E-state index contributed by atoms with van der Waals surface area (Å²) in [6.07, 6.45) is 5.12. The number of hydrogen-bond acceptors (Lipinski definition) is 6. The van der Waals surface area contributed by atoms with Crippen LogP contribution in [0.2, 0.25) is 0 Å². The number of rotatable bonds is 6. The number of aromatic nitrogens is 4. The molecule has 5 aromatic rings. The molecule has 0 spiro atoms. The number of pyridine rings is 2. The first-order valence-electron chi connectivity index (χ1n) is 10.7. The Morgan fingerprint density at radius 3 is 2.39 bits per heavy atom. The van der Waals surface area contributed by atoms with Crippen LogP contribution >= 0.6 is 0 Å². The third-order valence-corrected chi connectivity index (χ3v) is 5.35. The number of ether oxygens (including phenoxy) is 2. The van der Waals surface area contributed by atoms with Gasteiger partial charge in [0.15, 0.2) is 17.3 Å². The van der Waals surface area contributed by atoms with E-state index < -0.39 is 0 Å². The summed E-state index contributed by atoms with van der Waals surface area (Å²) >= 11 is 0. The molecule has 0 radical (unpaired) electrons. The van der Waals surface area contributed by atoms with Crippen LogP contribution < -0.4 is 9.47 Å². The summed E-state index contributed by atoms with van der Waals surface area (Å²) in [5.41, 5.74) is 4.44. The summed E-state index contributed by atoms with van der Waals surface area (Å²) in [5, 5.41) is 0.848. The Hall–Kier alpha value is -4.32. The van der Waals surface area contributed by atoms with E-state index in [1.165, 1.54) is 0 Å². The van der Waals surface area contributed by atoms with E-state index in [1.54, 1.807) is 24.7 Å². The van der Waals surface area contributed by atoms with Gasteiger partial charge in [-0.15, -0.1) is 0 Å². The minimum atomic E-state index is 0.485. The van der Waals surface area contributed by atoms with Gasteiger partial charge < -0.3 is 9.47 Å². The molecule has 3 aromatic heterocycles. The summed E-state index contributed by atoms with van der Waals surface area (Å²) < 4.78 is 12.4. The van der Waals surface area contributed by atoms with E-state index in [4.69, 9.17) is 14.5 Å². The van der Waals surface area contributed by atoms with Crippen molar-refractivity contribution in [3.8, 4) is 28.8 Å². The molecule has 5 rings (SSSR count). The smallest absolute Gasteiger partial charge is 0.181 e. The van der Waals surface area contributed by atoms with Gasteiger partial charge >= 0.3 is 0 Å². The van der Waals surface area contributed by atoms with Crippen LogP contribution in [0.3, 0.4) is 0 Å². The Morgan fingerprint density at radius 2 is 1.58 bits per heavy atom. The molecule has 0 amide bonds. The zero-order valence-corrected chi connectivity index (χ0v) is 18.4. The molecular formula is C27H22N4O2. The monoisotopic (exact) mass is 434 g/mol. The Kier molecular flexibility index (Phi) is 5.64. The molecule has 0 unspecified atom stereocenters. The van der Waals surface area contributed by atoms with Crippen molar-refractivity contribution in [2.75, 3.05) is 0 Å². The minimum absolute atomic E-state index is 0.485. The van der Waals surface area contributed by atoms with Gasteiger partial charge in [-0.05, 0) is 61.4 Å². The highest BCUT2D eigenvalue weighted by Gasteiger charge is 2.16. The van der Waals surface area contributed by atoms with Crippen LogP contribution in [0.25, 0.3) is 22.4 Å². The molecular weight excluding hydrogens is 412 g/mol. The number of benzene rings is 2. The average Bonchev–Trinajstić information content (AvgIpc) is 2.86. The minimum Gasteiger partial charge on any atom is -0.489 e. The van der Waals surface area contributed by atoms with E-state index in [0.717, 1.165) is 33.5 Å². The Balaban J connectivity index is 1.51. The second-order valence-corrected chi connectivity index (χ2v) is 7.67. The van der Waals surface area contributed by atoms with Crippen LogP contribution in [-0.4, -0.2) is 19.9 Å². The molecule has 0 atom stereocenters. The number of nitrogens with zero attached hydrogens (tertiary/aromatic N) is 4. The second-order valence-electron chi connectivity index (χ2n) is 7.67. The first-order chi connectivity index (χ1) is 16.2. The van der Waals surface area contributed by atoms with Gasteiger partial charge in [-0.2, -0.15) is 0 Å². The molecule has 0 saturated carbocycles. The van der Waals surface area contributed by atoms with Crippen molar-refractivity contribution in [3.05, 3.63) is 102 Å². The first kappa shape index (κ1) is 20.6. The summed E-state index contributed by atoms with van der Waals surface area (Å²) in [6.45, 7) is 4.45. The lowest BCUT2D eigenvalue weighted by molar-refractivity contribution is 0.306. The van der Waals surface area contributed by atoms with Crippen molar-refractivity contribution in [2.45, 2.75) is 20.5 Å². The third kappa shape index (κ3) is 4.50. The van der Waals surface area contributed by atoms with Crippen molar-refractivity contribution in [1.29, 1.82) is 0 Å². The molecule has 33 heavy (non-hydrogen) atoms. The summed E-state index contributed by atoms with van der Waals surface area (Å²) in [7, 11) is 0. The molecule has 2 aromatic carbocycles. The second kappa shape index (κ2) is 9.04. The van der Waals surface area contributed by atoms with Crippen LogP contribution in [0, 0.1) is 13.8 Å². The fraction of sp³-hybridized carbons (Fsp3) is 0.111. The molecule has 0 aliphatic heterocycles. The van der Waals surface area contributed by atoms with Gasteiger partial charge in [0.1, 0.15) is 18.1 Å². The molecule has 0 aliphatic carbocycles. The lowest BCUT2D eigenvalue weighted by atomic mass is 10.1. The van der Waals surface area contributed by atoms with E-state index in [-0.39, 0.29) is 0 Å². The Labute approximate surface area is 191 Å². The molecule has 3 heterocycles. The van der Waals surface area contributed by atoms with Crippen LogP contribution in [0.1, 0.15) is 16.8 Å². The molecule has 162 valence electrons. The lowest BCUT2D eigenvalue weighted by Crippen LogP contribution is -1.99. The van der Waals surface area contributed by atoms with Crippen molar-refractivity contribution >= 4 is 10.9 Å². The quantitative estimate of drug-likeness (QED) is 0.323. The molecule has 6 heteroatoms.